The molecule has 2 aromatic carbocycles. The fourth-order valence-electron chi connectivity index (χ4n) is 3.14. The van der Waals surface area contributed by atoms with Crippen molar-refractivity contribution in [2.45, 2.75) is 52.0 Å². The smallest absolute Gasteiger partial charge is 0.216 e. The van der Waals surface area contributed by atoms with Gasteiger partial charge in [-0.25, -0.2) is 13.1 Å². The van der Waals surface area contributed by atoms with Gasteiger partial charge in [-0.15, -0.1) is 24.0 Å². The molecule has 0 bridgehead atoms. The SMILES string of the molecule is CN=C(NCc1ccccc1CS(=O)(=O)NC(C)C)NCC(C)c1ccc(C)cc1.I. The largest absolute Gasteiger partial charge is 0.356 e. The lowest BCUT2D eigenvalue weighted by molar-refractivity contribution is 0.568. The Balaban J connectivity index is 0.00000480. The molecular formula is C23H35IN4O2S. The lowest BCUT2D eigenvalue weighted by atomic mass is 10.0. The number of sulfonamides is 1. The van der Waals surface area contributed by atoms with E-state index in [-0.39, 0.29) is 35.8 Å². The van der Waals surface area contributed by atoms with Crippen LogP contribution in [0.1, 0.15) is 48.9 Å². The van der Waals surface area contributed by atoms with E-state index in [4.69, 9.17) is 0 Å². The van der Waals surface area contributed by atoms with Gasteiger partial charge in [-0.05, 0) is 43.4 Å². The highest BCUT2D eigenvalue weighted by Gasteiger charge is 2.15. The van der Waals surface area contributed by atoms with Gasteiger partial charge in [0.25, 0.3) is 0 Å². The van der Waals surface area contributed by atoms with Crippen molar-refractivity contribution in [2.24, 2.45) is 4.99 Å². The Labute approximate surface area is 204 Å². The molecular weight excluding hydrogens is 523 g/mol. The van der Waals surface area contributed by atoms with Crippen LogP contribution in [0.3, 0.4) is 0 Å². The van der Waals surface area contributed by atoms with E-state index in [0.717, 1.165) is 17.7 Å². The molecule has 31 heavy (non-hydrogen) atoms. The molecule has 0 fully saturated rings. The Bertz CT molecular complexity index is 944. The van der Waals surface area contributed by atoms with Crippen LogP contribution in [0.15, 0.2) is 53.5 Å². The zero-order chi connectivity index (χ0) is 22.1. The van der Waals surface area contributed by atoms with E-state index in [9.17, 15) is 8.42 Å². The number of hydrogen-bond donors (Lipinski definition) is 3. The molecule has 8 heteroatoms. The molecule has 0 aliphatic heterocycles. The van der Waals surface area contributed by atoms with Gasteiger partial charge in [0, 0.05) is 26.2 Å². The second-order valence-electron chi connectivity index (χ2n) is 7.92. The summed E-state index contributed by atoms with van der Waals surface area (Å²) in [4.78, 5) is 4.29. The van der Waals surface area contributed by atoms with Crippen LogP contribution < -0.4 is 15.4 Å². The standard InChI is InChI=1S/C23H34N4O2S.HI/c1-17(2)27-30(28,29)16-22-9-7-6-8-21(22)15-26-23(24-5)25-14-19(4)20-12-10-18(3)11-13-20;/h6-13,17,19,27H,14-16H2,1-5H3,(H2,24,25,26);1H. The second kappa shape index (κ2) is 13.0. The van der Waals surface area contributed by atoms with Gasteiger partial charge in [-0.1, -0.05) is 61.0 Å². The molecule has 0 aliphatic rings. The highest BCUT2D eigenvalue weighted by atomic mass is 127. The maximum absolute atomic E-state index is 12.3. The van der Waals surface area contributed by atoms with Gasteiger partial charge < -0.3 is 10.6 Å². The summed E-state index contributed by atoms with van der Waals surface area (Å²) in [5, 5.41) is 6.65. The number of hydrogen-bond acceptors (Lipinski definition) is 3. The van der Waals surface area contributed by atoms with E-state index in [0.29, 0.717) is 18.4 Å². The molecule has 0 heterocycles. The van der Waals surface area contributed by atoms with E-state index >= 15 is 0 Å². The molecule has 1 unspecified atom stereocenters. The monoisotopic (exact) mass is 558 g/mol. The zero-order valence-corrected chi connectivity index (χ0v) is 22.1. The number of halogens is 1. The maximum atomic E-state index is 12.3. The normalized spacial score (nSPS) is 12.9. The molecule has 0 saturated heterocycles. The van der Waals surface area contributed by atoms with Crippen molar-refractivity contribution in [3.8, 4) is 0 Å². The molecule has 0 aliphatic carbocycles. The summed E-state index contributed by atoms with van der Waals surface area (Å²) in [5.41, 5.74) is 4.24. The maximum Gasteiger partial charge on any atom is 0.216 e. The van der Waals surface area contributed by atoms with Crippen molar-refractivity contribution in [3.05, 3.63) is 70.8 Å². The first kappa shape index (κ1) is 27.4. The quantitative estimate of drug-likeness (QED) is 0.248. The van der Waals surface area contributed by atoms with Gasteiger partial charge in [0.2, 0.25) is 10.0 Å². The van der Waals surface area contributed by atoms with Crippen molar-refractivity contribution in [1.82, 2.24) is 15.4 Å². The summed E-state index contributed by atoms with van der Waals surface area (Å²) in [6.45, 7) is 9.13. The first-order valence-electron chi connectivity index (χ1n) is 10.3. The third-order valence-corrected chi connectivity index (χ3v) is 6.29. The van der Waals surface area contributed by atoms with Gasteiger partial charge in [-0.3, -0.25) is 4.99 Å². The minimum absolute atomic E-state index is 0. The van der Waals surface area contributed by atoms with E-state index in [1.807, 2.05) is 38.1 Å². The van der Waals surface area contributed by atoms with Crippen molar-refractivity contribution in [2.75, 3.05) is 13.6 Å². The first-order chi connectivity index (χ1) is 14.2. The molecule has 1 atom stereocenters. The molecule has 0 aromatic heterocycles. The van der Waals surface area contributed by atoms with Crippen LogP contribution in [0, 0.1) is 6.92 Å². The second-order valence-corrected chi connectivity index (χ2v) is 9.67. The number of benzene rings is 2. The minimum atomic E-state index is -3.38. The summed E-state index contributed by atoms with van der Waals surface area (Å²) in [5.74, 6) is 0.982. The molecule has 2 aromatic rings. The van der Waals surface area contributed by atoms with Gasteiger partial charge in [0.05, 0.1) is 5.75 Å². The molecule has 3 N–H and O–H groups in total. The van der Waals surface area contributed by atoms with Gasteiger partial charge in [-0.2, -0.15) is 0 Å². The predicted molar refractivity (Wildman–Crippen MR) is 141 cm³/mol. The fraction of sp³-hybridized carbons (Fsp3) is 0.435. The number of guanidine groups is 1. The average Bonchev–Trinajstić information content (AvgIpc) is 2.68. The van der Waals surface area contributed by atoms with Gasteiger partial charge in [0.1, 0.15) is 0 Å². The third kappa shape index (κ3) is 9.57. The topological polar surface area (TPSA) is 82.6 Å². The van der Waals surface area contributed by atoms with E-state index in [2.05, 4.69) is 58.5 Å². The van der Waals surface area contributed by atoms with Crippen molar-refractivity contribution < 1.29 is 8.42 Å². The summed E-state index contributed by atoms with van der Waals surface area (Å²) in [6.07, 6.45) is 0. The lowest BCUT2D eigenvalue weighted by Crippen LogP contribution is -2.39. The summed E-state index contributed by atoms with van der Waals surface area (Å²) >= 11 is 0. The highest BCUT2D eigenvalue weighted by molar-refractivity contribution is 14.0. The van der Waals surface area contributed by atoms with Crippen LogP contribution in [-0.4, -0.2) is 34.0 Å². The fourth-order valence-corrected chi connectivity index (χ4v) is 4.63. The van der Waals surface area contributed by atoms with Crippen molar-refractivity contribution in [3.63, 3.8) is 0 Å². The lowest BCUT2D eigenvalue weighted by Gasteiger charge is -2.18. The molecule has 0 spiro atoms. The minimum Gasteiger partial charge on any atom is -0.356 e. The number of aryl methyl sites for hydroxylation is 1. The van der Waals surface area contributed by atoms with Crippen LogP contribution in [0.2, 0.25) is 0 Å². The Morgan fingerprint density at radius 1 is 0.968 bits per heavy atom. The molecule has 172 valence electrons. The Kier molecular flexibility index (Phi) is 11.5. The van der Waals surface area contributed by atoms with Crippen LogP contribution in [0.25, 0.3) is 0 Å². The number of aliphatic imine (C=N–C) groups is 1. The Morgan fingerprint density at radius 3 is 2.16 bits per heavy atom. The molecule has 0 radical (unpaired) electrons. The third-order valence-electron chi connectivity index (χ3n) is 4.77. The molecule has 2 rings (SSSR count). The molecule has 6 nitrogen and oxygen atoms in total. The van der Waals surface area contributed by atoms with Crippen LogP contribution in [0.5, 0.6) is 0 Å². The average molecular weight is 559 g/mol. The van der Waals surface area contributed by atoms with Crippen LogP contribution in [-0.2, 0) is 22.3 Å². The highest BCUT2D eigenvalue weighted by Crippen LogP contribution is 2.15. The van der Waals surface area contributed by atoms with E-state index in [1.165, 1.54) is 11.1 Å². The predicted octanol–water partition coefficient (Wildman–Crippen LogP) is 3.91. The van der Waals surface area contributed by atoms with E-state index < -0.39 is 10.0 Å². The zero-order valence-electron chi connectivity index (χ0n) is 19.0. The van der Waals surface area contributed by atoms with Crippen LogP contribution in [0.4, 0.5) is 0 Å². The Hall–Kier alpha value is -1.65. The van der Waals surface area contributed by atoms with Gasteiger partial charge >= 0.3 is 0 Å². The molecule has 0 amide bonds. The molecule has 0 saturated carbocycles. The first-order valence-corrected chi connectivity index (χ1v) is 11.9. The Morgan fingerprint density at radius 2 is 1.58 bits per heavy atom. The van der Waals surface area contributed by atoms with Gasteiger partial charge in [0.15, 0.2) is 5.96 Å². The van der Waals surface area contributed by atoms with E-state index in [1.54, 1.807) is 7.05 Å². The summed E-state index contributed by atoms with van der Waals surface area (Å²) < 4.78 is 27.3. The van der Waals surface area contributed by atoms with Crippen molar-refractivity contribution >= 4 is 40.0 Å². The summed E-state index contributed by atoms with van der Waals surface area (Å²) in [7, 11) is -1.65. The van der Waals surface area contributed by atoms with Crippen LogP contribution >= 0.6 is 24.0 Å². The number of nitrogens with one attached hydrogen (secondary N) is 3. The number of rotatable bonds is 9. The summed E-state index contributed by atoms with van der Waals surface area (Å²) in [6, 6.07) is 16.0. The van der Waals surface area contributed by atoms with Crippen molar-refractivity contribution in [1.29, 1.82) is 0 Å². The number of nitrogens with zero attached hydrogens (tertiary/aromatic N) is 1.